The highest BCUT2D eigenvalue weighted by Gasteiger charge is 2.03. The summed E-state index contributed by atoms with van der Waals surface area (Å²) in [5.41, 5.74) is 12.3. The van der Waals surface area contributed by atoms with Crippen molar-refractivity contribution >= 4 is 35.9 Å². The van der Waals surface area contributed by atoms with Crippen molar-refractivity contribution in [1.82, 2.24) is 51.5 Å². The van der Waals surface area contributed by atoms with Crippen molar-refractivity contribution in [2.75, 3.05) is 30.5 Å². The largest absolute Gasteiger partial charge is 0.337 e. The molecule has 2 amide bonds. The molecule has 0 fully saturated rings. The number of urea groups is 1. The van der Waals surface area contributed by atoms with Crippen molar-refractivity contribution in [3.63, 3.8) is 0 Å². The summed E-state index contributed by atoms with van der Waals surface area (Å²) in [5, 5.41) is 32.2. The molecule has 20 nitrogen and oxygen atoms in total. The molecule has 20 heteroatoms. The van der Waals surface area contributed by atoms with E-state index in [9.17, 15) is 19.2 Å². The Morgan fingerprint density at radius 3 is 1.88 bits per heavy atom. The Bertz CT molecular complexity index is 1050. The van der Waals surface area contributed by atoms with Gasteiger partial charge in [0.05, 0.1) is 19.6 Å². The molecule has 0 saturated carbocycles. The van der Waals surface area contributed by atoms with Gasteiger partial charge in [-0.05, 0) is 39.0 Å². The number of Topliss-reactive ketones (excluding diaryl/α,β-unsaturated/α-hetero) is 1. The Kier molecular flexibility index (Phi) is 23.3. The summed E-state index contributed by atoms with van der Waals surface area (Å²) in [7, 11) is 0. The molecule has 2 aromatic heterocycles. The van der Waals surface area contributed by atoms with Crippen LogP contribution in [0.5, 0.6) is 0 Å². The fraction of sp³-hybridized carbons (Fsp3) is 0.636. The van der Waals surface area contributed by atoms with E-state index in [1.54, 1.807) is 6.92 Å². The zero-order chi connectivity index (χ0) is 31.3. The normalized spacial score (nSPS) is 9.33. The Hall–Kier alpha value is -4.90. The molecule has 42 heavy (non-hydrogen) atoms. The molecule has 2 aromatic rings. The van der Waals surface area contributed by atoms with E-state index in [0.29, 0.717) is 37.7 Å². The van der Waals surface area contributed by atoms with Crippen LogP contribution in [-0.4, -0.2) is 84.4 Å². The zero-order valence-electron chi connectivity index (χ0n) is 23.7. The summed E-state index contributed by atoms with van der Waals surface area (Å²) in [6.45, 7) is 5.30. The van der Waals surface area contributed by atoms with E-state index in [1.165, 1.54) is 12.2 Å². The number of aliphatic imine (C=N–C) groups is 2. The van der Waals surface area contributed by atoms with Crippen LogP contribution < -0.4 is 33.2 Å². The minimum absolute atomic E-state index is 0.136. The predicted octanol–water partition coefficient (Wildman–Crippen LogP) is -0.556. The minimum atomic E-state index is -0.382. The van der Waals surface area contributed by atoms with E-state index in [-0.39, 0.29) is 30.3 Å². The van der Waals surface area contributed by atoms with Crippen molar-refractivity contribution in [2.45, 2.75) is 71.8 Å². The number of rotatable bonds is 17. The van der Waals surface area contributed by atoms with Gasteiger partial charge in [0.1, 0.15) is 5.78 Å². The van der Waals surface area contributed by atoms with Crippen LogP contribution >= 0.6 is 0 Å². The van der Waals surface area contributed by atoms with Gasteiger partial charge in [0.15, 0.2) is 11.6 Å². The molecule has 0 bridgehead atoms. The van der Waals surface area contributed by atoms with Gasteiger partial charge in [-0.3, -0.25) is 10.9 Å². The summed E-state index contributed by atoms with van der Waals surface area (Å²) < 4.78 is 0. The van der Waals surface area contributed by atoms with Crippen molar-refractivity contribution < 1.29 is 19.2 Å². The number of carbonyl (C=O) groups is 2. The van der Waals surface area contributed by atoms with Crippen LogP contribution in [0.25, 0.3) is 0 Å². The lowest BCUT2D eigenvalue weighted by Gasteiger charge is -2.08. The van der Waals surface area contributed by atoms with Gasteiger partial charge in [0.25, 0.3) is 11.9 Å². The van der Waals surface area contributed by atoms with E-state index in [4.69, 9.17) is 11.6 Å². The Labute approximate surface area is 242 Å². The van der Waals surface area contributed by atoms with E-state index in [0.717, 1.165) is 44.9 Å². The Morgan fingerprint density at radius 1 is 0.810 bits per heavy atom. The maximum atomic E-state index is 11.5. The number of isocyanates is 2. The summed E-state index contributed by atoms with van der Waals surface area (Å²) in [5.74, 6) is 6.43. The topological polar surface area (TPSA) is 296 Å². The number of amides is 2. The smallest absolute Gasteiger partial charge is 0.333 e. The fourth-order valence-corrected chi connectivity index (χ4v) is 2.52. The molecule has 0 radical (unpaired) electrons. The summed E-state index contributed by atoms with van der Waals surface area (Å²) in [6.07, 6.45) is 9.20. The monoisotopic (exact) mass is 590 g/mol. The number of nitrogens with two attached hydrogens (primary N) is 2. The number of unbranched alkanes of at least 4 members (excludes halogenated alkanes) is 3. The third-order valence-corrected chi connectivity index (χ3v) is 4.52. The zero-order valence-corrected chi connectivity index (χ0v) is 23.7. The van der Waals surface area contributed by atoms with Gasteiger partial charge in [-0.1, -0.05) is 13.3 Å². The van der Waals surface area contributed by atoms with E-state index in [1.807, 2.05) is 6.92 Å². The fourth-order valence-electron chi connectivity index (χ4n) is 2.52. The SMILES string of the molecule is CCCc1nnc(NNC(=O)NCCCCCC(C)=O)nn1.NCc1nnc(NN)nn1.O=C=NCCCCN=C=O. The third-order valence-electron chi connectivity index (χ3n) is 4.52. The molecule has 0 aliphatic carbocycles. The molecule has 0 spiro atoms. The highest BCUT2D eigenvalue weighted by Crippen LogP contribution is 1.99. The summed E-state index contributed by atoms with van der Waals surface area (Å²) >= 11 is 0. The first-order chi connectivity index (χ1) is 20.4. The number of nitrogens with zero attached hydrogens (tertiary/aromatic N) is 10. The van der Waals surface area contributed by atoms with Crippen LogP contribution in [0.1, 0.15) is 70.4 Å². The molecule has 0 aromatic carbocycles. The first-order valence-corrected chi connectivity index (χ1v) is 13.1. The van der Waals surface area contributed by atoms with Crippen LogP contribution in [0.4, 0.5) is 16.7 Å². The highest BCUT2D eigenvalue weighted by molar-refractivity contribution is 5.75. The van der Waals surface area contributed by atoms with Crippen molar-refractivity contribution in [3.05, 3.63) is 11.6 Å². The van der Waals surface area contributed by atoms with Crippen LogP contribution in [0, 0.1) is 0 Å². The van der Waals surface area contributed by atoms with Gasteiger partial charge < -0.3 is 15.8 Å². The summed E-state index contributed by atoms with van der Waals surface area (Å²) in [6, 6.07) is -0.382. The van der Waals surface area contributed by atoms with Gasteiger partial charge >= 0.3 is 6.03 Å². The maximum absolute atomic E-state index is 11.5. The number of hydrogen-bond donors (Lipinski definition) is 6. The van der Waals surface area contributed by atoms with Crippen LogP contribution in [-0.2, 0) is 27.3 Å². The van der Waals surface area contributed by atoms with Crippen LogP contribution in [0.2, 0.25) is 0 Å². The van der Waals surface area contributed by atoms with Crippen molar-refractivity contribution in [1.29, 1.82) is 0 Å². The number of anilines is 2. The molecule has 2 heterocycles. The van der Waals surface area contributed by atoms with E-state index < -0.39 is 0 Å². The highest BCUT2D eigenvalue weighted by atomic mass is 16.2. The number of nitrogen functional groups attached to an aromatic ring is 1. The first-order valence-electron chi connectivity index (χ1n) is 13.1. The number of carbonyl (C=O) groups excluding carboxylic acids is 4. The van der Waals surface area contributed by atoms with Crippen molar-refractivity contribution in [3.8, 4) is 0 Å². The van der Waals surface area contributed by atoms with E-state index >= 15 is 0 Å². The van der Waals surface area contributed by atoms with Crippen LogP contribution in [0.15, 0.2) is 9.98 Å². The number of hydrogen-bond acceptors (Lipinski definition) is 18. The number of nitrogens with one attached hydrogen (secondary N) is 4. The van der Waals surface area contributed by atoms with Gasteiger partial charge in [-0.25, -0.2) is 35.6 Å². The molecule has 0 aliphatic heterocycles. The second-order valence-electron chi connectivity index (χ2n) is 8.05. The maximum Gasteiger partial charge on any atom is 0.333 e. The van der Waals surface area contributed by atoms with Gasteiger partial charge in [0.2, 0.25) is 12.2 Å². The number of aryl methyl sites for hydroxylation is 1. The number of ketones is 1. The van der Waals surface area contributed by atoms with E-state index in [2.05, 4.69) is 72.4 Å². The molecular weight excluding hydrogens is 552 g/mol. The number of hydrazine groups is 2. The van der Waals surface area contributed by atoms with Crippen LogP contribution in [0.3, 0.4) is 0 Å². The molecular formula is C22H38N16O4. The Morgan fingerprint density at radius 2 is 1.38 bits per heavy atom. The number of aromatic nitrogens is 8. The lowest BCUT2D eigenvalue weighted by molar-refractivity contribution is -0.117. The molecule has 0 saturated heterocycles. The first kappa shape index (κ1) is 37.1. The Balaban J connectivity index is 0.000000694. The average molecular weight is 591 g/mol. The average Bonchev–Trinajstić information content (AvgIpc) is 3.01. The van der Waals surface area contributed by atoms with Gasteiger partial charge in [-0.2, -0.15) is 0 Å². The van der Waals surface area contributed by atoms with Crippen molar-refractivity contribution in [2.24, 2.45) is 21.6 Å². The standard InChI is InChI=1S/C13H23N7O2.C6H8N2O2.C3H7N7/c1-3-7-11-15-17-12(18-16-11)19-20-13(22)14-9-6-4-5-8-10(2)21;9-5-7-3-1-2-4-8-6-10;4-1-2-7-9-3(6-5)10-8-2/h3-9H2,1-2H3,(H2,14,20,22)(H,17,18,19);1-4H2;1,4-5H2,(H,6,9,10). The minimum Gasteiger partial charge on any atom is -0.337 e. The lowest BCUT2D eigenvalue weighted by atomic mass is 10.1. The quantitative estimate of drug-likeness (QED) is 0.0442. The second kappa shape index (κ2) is 26.3. The predicted molar refractivity (Wildman–Crippen MR) is 149 cm³/mol. The summed E-state index contributed by atoms with van der Waals surface area (Å²) in [4.78, 5) is 47.9. The van der Waals surface area contributed by atoms with Gasteiger partial charge in [-0.15, -0.1) is 40.8 Å². The molecule has 8 N–H and O–H groups in total. The molecule has 2 rings (SSSR count). The molecule has 230 valence electrons. The van der Waals surface area contributed by atoms with Gasteiger partial charge in [0, 0.05) is 19.4 Å². The molecule has 0 aliphatic rings. The molecule has 0 unspecified atom stereocenters. The lowest BCUT2D eigenvalue weighted by Crippen LogP contribution is -2.40. The second-order valence-corrected chi connectivity index (χ2v) is 8.05. The third kappa shape index (κ3) is 22.0. The molecule has 0 atom stereocenters.